The van der Waals surface area contributed by atoms with Crippen LogP contribution in [0.25, 0.3) is 10.8 Å². The molecule has 0 unspecified atom stereocenters. The van der Waals surface area contributed by atoms with E-state index in [9.17, 15) is 19.5 Å². The van der Waals surface area contributed by atoms with Crippen LogP contribution in [0.2, 0.25) is 0 Å². The molecular weight excluding hydrogens is 344 g/mol. The van der Waals surface area contributed by atoms with Gasteiger partial charge in [0.05, 0.1) is 5.56 Å². The number of hydrogen-bond acceptors (Lipinski definition) is 4. The number of hydrogen-bond donors (Lipinski definition) is 3. The SMILES string of the molecule is O=C(CCC(=O)c1ccc2ccccc2c1)NNC(=O)c1ccccc1O. The Morgan fingerprint density at radius 3 is 2.26 bits per heavy atom. The van der Waals surface area contributed by atoms with Crippen LogP contribution in [0.5, 0.6) is 5.75 Å². The lowest BCUT2D eigenvalue weighted by atomic mass is 10.0. The van der Waals surface area contributed by atoms with Gasteiger partial charge >= 0.3 is 0 Å². The fraction of sp³-hybridized carbons (Fsp3) is 0.0952. The predicted octanol–water partition coefficient (Wildman–Crippen LogP) is 2.97. The number of para-hydroxylation sites is 1. The lowest BCUT2D eigenvalue weighted by Gasteiger charge is -2.08. The van der Waals surface area contributed by atoms with E-state index in [1.807, 2.05) is 30.3 Å². The topological polar surface area (TPSA) is 95.5 Å². The van der Waals surface area contributed by atoms with Crippen LogP contribution in [0, 0.1) is 0 Å². The molecule has 0 saturated heterocycles. The van der Waals surface area contributed by atoms with Gasteiger partial charge in [0, 0.05) is 18.4 Å². The van der Waals surface area contributed by atoms with Gasteiger partial charge in [-0.25, -0.2) is 0 Å². The Kier molecular flexibility index (Phi) is 5.47. The third-order valence-corrected chi connectivity index (χ3v) is 4.11. The Morgan fingerprint density at radius 1 is 0.778 bits per heavy atom. The van der Waals surface area contributed by atoms with Crippen LogP contribution < -0.4 is 10.9 Å². The van der Waals surface area contributed by atoms with Gasteiger partial charge in [-0.1, -0.05) is 48.5 Å². The molecule has 0 spiro atoms. The molecule has 0 atom stereocenters. The number of carbonyl (C=O) groups is 3. The van der Waals surface area contributed by atoms with Crippen molar-refractivity contribution in [2.24, 2.45) is 0 Å². The summed E-state index contributed by atoms with van der Waals surface area (Å²) in [5.74, 6) is -1.46. The smallest absolute Gasteiger partial charge is 0.273 e. The van der Waals surface area contributed by atoms with Gasteiger partial charge in [-0.05, 0) is 29.0 Å². The lowest BCUT2D eigenvalue weighted by Crippen LogP contribution is -2.41. The maximum Gasteiger partial charge on any atom is 0.273 e. The monoisotopic (exact) mass is 362 g/mol. The summed E-state index contributed by atoms with van der Waals surface area (Å²) in [5, 5.41) is 11.6. The Morgan fingerprint density at radius 2 is 1.48 bits per heavy atom. The number of amides is 2. The summed E-state index contributed by atoms with van der Waals surface area (Å²) in [6.45, 7) is 0. The van der Waals surface area contributed by atoms with E-state index in [0.717, 1.165) is 10.8 Å². The molecule has 136 valence electrons. The molecule has 0 heterocycles. The molecule has 0 saturated carbocycles. The molecule has 3 N–H and O–H groups in total. The summed E-state index contributed by atoms with van der Waals surface area (Å²) in [4.78, 5) is 36.1. The molecule has 0 aromatic heterocycles. The first kappa shape index (κ1) is 18.1. The van der Waals surface area contributed by atoms with Gasteiger partial charge in [0.2, 0.25) is 5.91 Å². The number of nitrogens with one attached hydrogen (secondary N) is 2. The largest absolute Gasteiger partial charge is 0.507 e. The molecule has 0 aliphatic carbocycles. The quantitative estimate of drug-likeness (QED) is 0.480. The number of benzene rings is 3. The standard InChI is InChI=1S/C21H18N2O4/c24-18(16-10-9-14-5-1-2-6-15(14)13-16)11-12-20(26)22-23-21(27)17-7-3-4-8-19(17)25/h1-10,13,25H,11-12H2,(H,22,26)(H,23,27). The molecule has 0 bridgehead atoms. The van der Waals surface area contributed by atoms with Gasteiger partial charge in [0.25, 0.3) is 5.91 Å². The van der Waals surface area contributed by atoms with E-state index in [4.69, 9.17) is 0 Å². The molecule has 0 fully saturated rings. The zero-order valence-corrected chi connectivity index (χ0v) is 14.4. The number of aromatic hydroxyl groups is 1. The predicted molar refractivity (Wildman–Crippen MR) is 101 cm³/mol. The summed E-state index contributed by atoms with van der Waals surface area (Å²) in [6.07, 6.45) is -0.0384. The zero-order valence-electron chi connectivity index (χ0n) is 14.4. The number of rotatable bonds is 5. The highest BCUT2D eigenvalue weighted by molar-refractivity contribution is 6.01. The van der Waals surface area contributed by atoms with Crippen molar-refractivity contribution < 1.29 is 19.5 Å². The van der Waals surface area contributed by atoms with E-state index in [0.29, 0.717) is 5.56 Å². The summed E-state index contributed by atoms with van der Waals surface area (Å²) in [5.41, 5.74) is 5.05. The van der Waals surface area contributed by atoms with Crippen molar-refractivity contribution in [1.29, 1.82) is 0 Å². The van der Waals surface area contributed by atoms with E-state index in [1.165, 1.54) is 12.1 Å². The lowest BCUT2D eigenvalue weighted by molar-refractivity contribution is -0.121. The van der Waals surface area contributed by atoms with E-state index >= 15 is 0 Å². The first-order valence-electron chi connectivity index (χ1n) is 8.44. The van der Waals surface area contributed by atoms with Crippen LogP contribution in [0.1, 0.15) is 33.6 Å². The molecule has 2 amide bonds. The van der Waals surface area contributed by atoms with Gasteiger partial charge in [0.1, 0.15) is 5.75 Å². The number of fused-ring (bicyclic) bond motifs is 1. The maximum absolute atomic E-state index is 12.3. The third kappa shape index (κ3) is 4.49. The van der Waals surface area contributed by atoms with Crippen molar-refractivity contribution in [1.82, 2.24) is 10.9 Å². The second kappa shape index (κ2) is 8.14. The van der Waals surface area contributed by atoms with Crippen LogP contribution in [0.15, 0.2) is 66.7 Å². The van der Waals surface area contributed by atoms with Crippen LogP contribution in [0.3, 0.4) is 0 Å². The van der Waals surface area contributed by atoms with Crippen LogP contribution in [0.4, 0.5) is 0 Å². The Balaban J connectivity index is 1.51. The van der Waals surface area contributed by atoms with Gasteiger partial charge in [-0.2, -0.15) is 0 Å². The Labute approximate surface area is 155 Å². The average molecular weight is 362 g/mol. The summed E-state index contributed by atoms with van der Waals surface area (Å²) in [6, 6.07) is 19.1. The number of hydrazine groups is 1. The number of phenolic OH excluding ortho intramolecular Hbond substituents is 1. The third-order valence-electron chi connectivity index (χ3n) is 4.11. The van der Waals surface area contributed by atoms with E-state index in [1.54, 1.807) is 24.3 Å². The fourth-order valence-electron chi connectivity index (χ4n) is 2.66. The molecule has 27 heavy (non-hydrogen) atoms. The minimum atomic E-state index is -0.637. The Hall–Kier alpha value is -3.67. The van der Waals surface area contributed by atoms with E-state index in [-0.39, 0.29) is 29.9 Å². The van der Waals surface area contributed by atoms with Gasteiger partial charge < -0.3 is 5.11 Å². The van der Waals surface area contributed by atoms with Crippen molar-refractivity contribution in [2.75, 3.05) is 0 Å². The molecular formula is C21H18N2O4. The van der Waals surface area contributed by atoms with Gasteiger partial charge in [-0.15, -0.1) is 0 Å². The molecule has 3 aromatic rings. The highest BCUT2D eigenvalue weighted by Gasteiger charge is 2.13. The highest BCUT2D eigenvalue weighted by Crippen LogP contribution is 2.17. The van der Waals surface area contributed by atoms with E-state index < -0.39 is 11.8 Å². The zero-order chi connectivity index (χ0) is 19.2. The number of phenols is 1. The molecule has 3 rings (SSSR count). The Bertz CT molecular complexity index is 1010. The first-order valence-corrected chi connectivity index (χ1v) is 8.44. The molecule has 0 aliphatic rings. The maximum atomic E-state index is 12.3. The van der Waals surface area contributed by atoms with Crippen molar-refractivity contribution >= 4 is 28.4 Å². The number of carbonyl (C=O) groups excluding carboxylic acids is 3. The second-order valence-electron chi connectivity index (χ2n) is 6.00. The first-order chi connectivity index (χ1) is 13.0. The van der Waals surface area contributed by atoms with Gasteiger partial charge in [0.15, 0.2) is 5.78 Å². The highest BCUT2D eigenvalue weighted by atomic mass is 16.3. The van der Waals surface area contributed by atoms with Gasteiger partial charge in [-0.3, -0.25) is 25.2 Å². The molecule has 3 aromatic carbocycles. The molecule has 0 aliphatic heterocycles. The van der Waals surface area contributed by atoms with E-state index in [2.05, 4.69) is 10.9 Å². The average Bonchev–Trinajstić information content (AvgIpc) is 2.70. The van der Waals surface area contributed by atoms with Crippen LogP contribution >= 0.6 is 0 Å². The normalized spacial score (nSPS) is 10.4. The van der Waals surface area contributed by atoms with Crippen LogP contribution in [-0.2, 0) is 4.79 Å². The number of Topliss-reactive ketones (excluding diaryl/α,β-unsaturated/α-hetero) is 1. The minimum Gasteiger partial charge on any atom is -0.507 e. The molecule has 6 heteroatoms. The van der Waals surface area contributed by atoms with Crippen molar-refractivity contribution in [2.45, 2.75) is 12.8 Å². The summed E-state index contributed by atoms with van der Waals surface area (Å²) < 4.78 is 0. The summed E-state index contributed by atoms with van der Waals surface area (Å²) in [7, 11) is 0. The number of ketones is 1. The fourth-order valence-corrected chi connectivity index (χ4v) is 2.66. The van der Waals surface area contributed by atoms with Crippen molar-refractivity contribution in [3.05, 3.63) is 77.9 Å². The van der Waals surface area contributed by atoms with Crippen LogP contribution in [-0.4, -0.2) is 22.7 Å². The minimum absolute atomic E-state index is 0.0244. The second-order valence-corrected chi connectivity index (χ2v) is 6.00. The van der Waals surface area contributed by atoms with Crippen molar-refractivity contribution in [3.8, 4) is 5.75 Å². The summed E-state index contributed by atoms with van der Waals surface area (Å²) >= 11 is 0. The molecule has 6 nitrogen and oxygen atoms in total. The van der Waals surface area contributed by atoms with Crippen molar-refractivity contribution in [3.63, 3.8) is 0 Å². The molecule has 0 radical (unpaired) electrons.